The molecule has 2 N–H and O–H groups in total. The highest BCUT2D eigenvalue weighted by Gasteiger charge is 2.30. The molecule has 0 fully saturated rings. The molecule has 2 rings (SSSR count). The first-order chi connectivity index (χ1) is 13.0. The van der Waals surface area contributed by atoms with Crippen molar-refractivity contribution in [2.75, 3.05) is 6.54 Å². The van der Waals surface area contributed by atoms with Crippen LogP contribution in [-0.4, -0.2) is 20.9 Å². The van der Waals surface area contributed by atoms with Gasteiger partial charge in [-0.05, 0) is 48.9 Å². The fourth-order valence-electron chi connectivity index (χ4n) is 2.38. The van der Waals surface area contributed by atoms with Crippen LogP contribution in [0.25, 0.3) is 0 Å². The van der Waals surface area contributed by atoms with Gasteiger partial charge in [-0.2, -0.15) is 13.2 Å². The van der Waals surface area contributed by atoms with E-state index in [-0.39, 0.29) is 17.9 Å². The Bertz CT molecular complexity index is 932. The number of sulfonamides is 1. The highest BCUT2D eigenvalue weighted by atomic mass is 79.9. The molecule has 5 nitrogen and oxygen atoms in total. The van der Waals surface area contributed by atoms with E-state index in [1.54, 1.807) is 19.1 Å². The van der Waals surface area contributed by atoms with Gasteiger partial charge in [0.15, 0.2) is 0 Å². The van der Waals surface area contributed by atoms with Crippen LogP contribution in [0.5, 0.6) is 0 Å². The SMILES string of the molecule is CC(NC(=O)CCNS(=O)(=O)c1ccc(Br)cc1)c1cccc(C(F)(F)F)c1. The molecular weight excluding hydrogens is 461 g/mol. The van der Waals surface area contributed by atoms with Gasteiger partial charge in [0.2, 0.25) is 15.9 Å². The molecule has 0 aliphatic carbocycles. The summed E-state index contributed by atoms with van der Waals surface area (Å²) >= 11 is 3.21. The number of amides is 1. The molecule has 0 aliphatic rings. The van der Waals surface area contributed by atoms with Crippen LogP contribution in [0, 0.1) is 0 Å². The maximum Gasteiger partial charge on any atom is 0.416 e. The Morgan fingerprint density at radius 2 is 1.79 bits per heavy atom. The second-order valence-electron chi connectivity index (χ2n) is 6.01. The number of carbonyl (C=O) groups is 1. The second kappa shape index (κ2) is 9.06. The number of rotatable bonds is 7. The molecule has 0 saturated heterocycles. The smallest absolute Gasteiger partial charge is 0.350 e. The molecule has 152 valence electrons. The molecule has 0 bridgehead atoms. The lowest BCUT2D eigenvalue weighted by Gasteiger charge is -2.16. The third kappa shape index (κ3) is 6.32. The monoisotopic (exact) mass is 478 g/mol. The predicted molar refractivity (Wildman–Crippen MR) is 102 cm³/mol. The first-order valence-corrected chi connectivity index (χ1v) is 10.5. The zero-order chi connectivity index (χ0) is 20.9. The van der Waals surface area contributed by atoms with Gasteiger partial charge in [0.25, 0.3) is 0 Å². The van der Waals surface area contributed by atoms with Gasteiger partial charge in [-0.1, -0.05) is 28.1 Å². The summed E-state index contributed by atoms with van der Waals surface area (Å²) < 4.78 is 65.7. The van der Waals surface area contributed by atoms with E-state index in [4.69, 9.17) is 0 Å². The van der Waals surface area contributed by atoms with Crippen molar-refractivity contribution < 1.29 is 26.4 Å². The van der Waals surface area contributed by atoms with Crippen LogP contribution in [0.15, 0.2) is 57.9 Å². The quantitative estimate of drug-likeness (QED) is 0.630. The summed E-state index contributed by atoms with van der Waals surface area (Å²) in [5.41, 5.74) is -0.494. The number of carbonyl (C=O) groups excluding carboxylic acids is 1. The zero-order valence-corrected chi connectivity index (χ0v) is 17.2. The zero-order valence-electron chi connectivity index (χ0n) is 14.8. The first-order valence-electron chi connectivity index (χ1n) is 8.21. The van der Waals surface area contributed by atoms with Crippen LogP contribution >= 0.6 is 15.9 Å². The highest BCUT2D eigenvalue weighted by molar-refractivity contribution is 9.10. The third-order valence-corrected chi connectivity index (χ3v) is 5.87. The third-order valence-electron chi connectivity index (χ3n) is 3.86. The topological polar surface area (TPSA) is 75.3 Å². The normalized spacial score (nSPS) is 13.2. The maximum absolute atomic E-state index is 12.8. The van der Waals surface area contributed by atoms with Crippen LogP contribution < -0.4 is 10.0 Å². The van der Waals surface area contributed by atoms with Crippen LogP contribution in [0.4, 0.5) is 13.2 Å². The Kier molecular flexibility index (Phi) is 7.24. The molecule has 0 spiro atoms. The fraction of sp³-hybridized carbons (Fsp3) is 0.278. The van der Waals surface area contributed by atoms with Crippen LogP contribution in [-0.2, 0) is 21.0 Å². The van der Waals surface area contributed by atoms with Gasteiger partial charge < -0.3 is 5.32 Å². The standard InChI is InChI=1S/C18H18BrF3N2O3S/c1-12(13-3-2-4-14(11-13)18(20,21)22)24-17(25)9-10-23-28(26,27)16-7-5-15(19)6-8-16/h2-8,11-12,23H,9-10H2,1H3,(H,24,25). The number of hydrogen-bond acceptors (Lipinski definition) is 3. The van der Waals surface area contributed by atoms with E-state index >= 15 is 0 Å². The maximum atomic E-state index is 12.8. The van der Waals surface area contributed by atoms with Crippen molar-refractivity contribution in [1.82, 2.24) is 10.0 Å². The van der Waals surface area contributed by atoms with E-state index in [9.17, 15) is 26.4 Å². The van der Waals surface area contributed by atoms with Crippen LogP contribution in [0.3, 0.4) is 0 Å². The van der Waals surface area contributed by atoms with Gasteiger partial charge >= 0.3 is 6.18 Å². The molecule has 0 radical (unpaired) electrons. The largest absolute Gasteiger partial charge is 0.416 e. The minimum Gasteiger partial charge on any atom is -0.350 e. The average molecular weight is 479 g/mol. The summed E-state index contributed by atoms with van der Waals surface area (Å²) in [6, 6.07) is 10.0. The molecule has 1 unspecified atom stereocenters. The van der Waals surface area contributed by atoms with Crippen molar-refractivity contribution in [3.63, 3.8) is 0 Å². The summed E-state index contributed by atoms with van der Waals surface area (Å²) in [6.07, 6.45) is -4.62. The van der Waals surface area contributed by atoms with Crippen molar-refractivity contribution in [3.05, 3.63) is 64.1 Å². The molecule has 1 atom stereocenters. The highest BCUT2D eigenvalue weighted by Crippen LogP contribution is 2.30. The summed E-state index contributed by atoms with van der Waals surface area (Å²) in [5, 5.41) is 2.56. The van der Waals surface area contributed by atoms with E-state index in [0.717, 1.165) is 16.6 Å². The van der Waals surface area contributed by atoms with Crippen molar-refractivity contribution in [2.45, 2.75) is 30.5 Å². The molecule has 0 aromatic heterocycles. The Balaban J connectivity index is 1.89. The van der Waals surface area contributed by atoms with Gasteiger partial charge in [0, 0.05) is 17.4 Å². The second-order valence-corrected chi connectivity index (χ2v) is 8.70. The minimum atomic E-state index is -4.47. The van der Waals surface area contributed by atoms with Crippen molar-refractivity contribution in [2.24, 2.45) is 0 Å². The Morgan fingerprint density at radius 1 is 1.14 bits per heavy atom. The number of nitrogens with one attached hydrogen (secondary N) is 2. The molecule has 0 heterocycles. The average Bonchev–Trinajstić information content (AvgIpc) is 2.61. The number of benzene rings is 2. The molecule has 0 aliphatic heterocycles. The summed E-state index contributed by atoms with van der Waals surface area (Å²) in [5.74, 6) is -0.483. The minimum absolute atomic E-state index is 0.0634. The fourth-order valence-corrected chi connectivity index (χ4v) is 3.67. The lowest BCUT2D eigenvalue weighted by molar-refractivity contribution is -0.137. The van der Waals surface area contributed by atoms with Gasteiger partial charge in [0.1, 0.15) is 0 Å². The number of halogens is 4. The molecular formula is C18H18BrF3N2O3S. The lowest BCUT2D eigenvalue weighted by atomic mass is 10.0. The van der Waals surface area contributed by atoms with E-state index < -0.39 is 33.7 Å². The van der Waals surface area contributed by atoms with Gasteiger partial charge in [-0.15, -0.1) is 0 Å². The lowest BCUT2D eigenvalue weighted by Crippen LogP contribution is -2.32. The van der Waals surface area contributed by atoms with Gasteiger partial charge in [-0.3, -0.25) is 4.79 Å². The number of hydrogen-bond donors (Lipinski definition) is 2. The Hall–Kier alpha value is -1.91. The van der Waals surface area contributed by atoms with E-state index in [1.165, 1.54) is 24.3 Å². The molecule has 1 amide bonds. The molecule has 28 heavy (non-hydrogen) atoms. The number of alkyl halides is 3. The summed E-state index contributed by atoms with van der Waals surface area (Å²) in [6.45, 7) is 1.42. The summed E-state index contributed by atoms with van der Waals surface area (Å²) in [7, 11) is -3.75. The van der Waals surface area contributed by atoms with E-state index in [0.29, 0.717) is 5.56 Å². The molecule has 10 heteroatoms. The van der Waals surface area contributed by atoms with Crippen molar-refractivity contribution in [3.8, 4) is 0 Å². The van der Waals surface area contributed by atoms with Crippen LogP contribution in [0.2, 0.25) is 0 Å². The Morgan fingerprint density at radius 3 is 2.39 bits per heavy atom. The predicted octanol–water partition coefficient (Wildman–Crippen LogP) is 4.01. The Labute approximate surface area is 169 Å². The summed E-state index contributed by atoms with van der Waals surface area (Å²) in [4.78, 5) is 12.1. The van der Waals surface area contributed by atoms with Crippen molar-refractivity contribution in [1.29, 1.82) is 0 Å². The van der Waals surface area contributed by atoms with Gasteiger partial charge in [0.05, 0.1) is 16.5 Å². The molecule has 0 saturated carbocycles. The van der Waals surface area contributed by atoms with Crippen molar-refractivity contribution >= 4 is 31.9 Å². The first kappa shape index (κ1) is 22.4. The van der Waals surface area contributed by atoms with Gasteiger partial charge in [-0.25, -0.2) is 13.1 Å². The van der Waals surface area contributed by atoms with Crippen LogP contribution in [0.1, 0.15) is 30.5 Å². The van der Waals surface area contributed by atoms with E-state index in [1.807, 2.05) is 0 Å². The van der Waals surface area contributed by atoms with E-state index in [2.05, 4.69) is 26.0 Å². The molecule has 2 aromatic rings. The molecule has 2 aromatic carbocycles.